The monoisotopic (exact) mass is 284 g/mol. The number of fused-ring (bicyclic) bond motifs is 3. The Morgan fingerprint density at radius 3 is 2.41 bits per heavy atom. The van der Waals surface area contributed by atoms with Crippen LogP contribution in [-0.2, 0) is 6.42 Å². The maximum absolute atomic E-state index is 5.93. The third kappa shape index (κ3) is 2.42. The van der Waals surface area contributed by atoms with Gasteiger partial charge in [-0.2, -0.15) is 0 Å². The molecule has 1 heterocycles. The lowest BCUT2D eigenvalue weighted by atomic mass is 10.1. The van der Waals surface area contributed by atoms with Crippen molar-refractivity contribution in [3.05, 3.63) is 90.0 Å². The molecule has 0 aliphatic rings. The molecule has 106 valence electrons. The first-order chi connectivity index (χ1) is 10.9. The van der Waals surface area contributed by atoms with Gasteiger partial charge in [0.25, 0.3) is 0 Å². The van der Waals surface area contributed by atoms with E-state index in [1.165, 1.54) is 21.9 Å². The Balaban J connectivity index is 1.63. The van der Waals surface area contributed by atoms with Crippen molar-refractivity contribution >= 4 is 28.0 Å². The number of hydrogen-bond donors (Lipinski definition) is 0. The molecular weight excluding hydrogens is 268 g/mol. The number of hydrogen-bond acceptors (Lipinski definition) is 1. The number of furan rings is 1. The van der Waals surface area contributed by atoms with E-state index in [9.17, 15) is 0 Å². The van der Waals surface area contributed by atoms with Gasteiger partial charge >= 0.3 is 0 Å². The smallest absolute Gasteiger partial charge is 0.135 e. The third-order valence-electron chi connectivity index (χ3n) is 3.91. The summed E-state index contributed by atoms with van der Waals surface area (Å²) >= 11 is 0. The molecule has 1 heteroatoms. The van der Waals surface area contributed by atoms with Crippen LogP contribution in [0.25, 0.3) is 28.0 Å². The van der Waals surface area contributed by atoms with Crippen LogP contribution in [0.5, 0.6) is 0 Å². The lowest BCUT2D eigenvalue weighted by Crippen LogP contribution is -1.80. The summed E-state index contributed by atoms with van der Waals surface area (Å²) in [7, 11) is 0. The van der Waals surface area contributed by atoms with Gasteiger partial charge in [0.15, 0.2) is 0 Å². The summed E-state index contributed by atoms with van der Waals surface area (Å²) in [5.74, 6) is 0. The van der Waals surface area contributed by atoms with Gasteiger partial charge in [-0.3, -0.25) is 0 Å². The van der Waals surface area contributed by atoms with E-state index in [0.717, 1.165) is 17.6 Å². The van der Waals surface area contributed by atoms with Crippen LogP contribution in [0.1, 0.15) is 11.1 Å². The molecule has 0 amide bonds. The average molecular weight is 284 g/mol. The zero-order valence-corrected chi connectivity index (χ0v) is 12.2. The highest BCUT2D eigenvalue weighted by Crippen LogP contribution is 2.29. The molecule has 4 aromatic rings. The minimum Gasteiger partial charge on any atom is -0.456 e. The van der Waals surface area contributed by atoms with Crippen molar-refractivity contribution in [2.75, 3.05) is 0 Å². The molecular formula is C21H16O. The number of para-hydroxylation sites is 1. The molecule has 0 radical (unpaired) electrons. The van der Waals surface area contributed by atoms with E-state index in [1.807, 2.05) is 24.3 Å². The molecule has 0 aliphatic heterocycles. The lowest BCUT2D eigenvalue weighted by Gasteiger charge is -1.97. The Bertz CT molecular complexity index is 945. The Hall–Kier alpha value is -2.80. The number of benzene rings is 3. The quantitative estimate of drug-likeness (QED) is 0.460. The van der Waals surface area contributed by atoms with Crippen molar-refractivity contribution in [1.29, 1.82) is 0 Å². The largest absolute Gasteiger partial charge is 0.456 e. The first-order valence-corrected chi connectivity index (χ1v) is 7.52. The SMILES string of the molecule is C(=C\c1ccccc1)/Cc1ccc2c(c1)oc1ccccc12. The van der Waals surface area contributed by atoms with Crippen molar-refractivity contribution < 1.29 is 4.42 Å². The molecule has 4 rings (SSSR count). The van der Waals surface area contributed by atoms with Gasteiger partial charge in [0, 0.05) is 10.8 Å². The minimum atomic E-state index is 0.905. The van der Waals surface area contributed by atoms with E-state index in [4.69, 9.17) is 4.42 Å². The Morgan fingerprint density at radius 1 is 0.727 bits per heavy atom. The predicted octanol–water partition coefficient (Wildman–Crippen LogP) is 5.84. The third-order valence-corrected chi connectivity index (χ3v) is 3.91. The van der Waals surface area contributed by atoms with E-state index in [1.54, 1.807) is 0 Å². The van der Waals surface area contributed by atoms with Crippen LogP contribution in [0, 0.1) is 0 Å². The Kier molecular flexibility index (Phi) is 3.24. The fourth-order valence-electron chi connectivity index (χ4n) is 2.79. The highest BCUT2D eigenvalue weighted by molar-refractivity contribution is 6.04. The van der Waals surface area contributed by atoms with Crippen LogP contribution in [0.4, 0.5) is 0 Å². The van der Waals surface area contributed by atoms with E-state index >= 15 is 0 Å². The van der Waals surface area contributed by atoms with Gasteiger partial charge in [-0.15, -0.1) is 0 Å². The molecule has 3 aromatic carbocycles. The molecule has 0 atom stereocenters. The van der Waals surface area contributed by atoms with E-state index in [0.29, 0.717) is 0 Å². The predicted molar refractivity (Wildman–Crippen MR) is 92.9 cm³/mol. The zero-order valence-electron chi connectivity index (χ0n) is 12.2. The Morgan fingerprint density at radius 2 is 1.50 bits per heavy atom. The standard InChI is InChI=1S/C21H16O/c1-2-7-16(8-3-1)9-6-10-17-13-14-19-18-11-4-5-12-20(18)22-21(19)15-17/h1-9,11-15H,10H2/b9-6+. The van der Waals surface area contributed by atoms with Gasteiger partial charge in [0.05, 0.1) is 0 Å². The van der Waals surface area contributed by atoms with Gasteiger partial charge in [0.2, 0.25) is 0 Å². The highest BCUT2D eigenvalue weighted by atomic mass is 16.3. The second-order valence-corrected chi connectivity index (χ2v) is 5.45. The van der Waals surface area contributed by atoms with Gasteiger partial charge in [-0.25, -0.2) is 0 Å². The summed E-state index contributed by atoms with van der Waals surface area (Å²) in [4.78, 5) is 0. The Labute approximate surface area is 129 Å². The fraction of sp³-hybridized carbons (Fsp3) is 0.0476. The normalized spacial score (nSPS) is 11.6. The number of allylic oxidation sites excluding steroid dienone is 1. The molecule has 0 saturated heterocycles. The molecule has 0 aliphatic carbocycles. The second kappa shape index (κ2) is 5.53. The second-order valence-electron chi connectivity index (χ2n) is 5.45. The van der Waals surface area contributed by atoms with E-state index in [-0.39, 0.29) is 0 Å². The molecule has 1 aromatic heterocycles. The zero-order chi connectivity index (χ0) is 14.8. The van der Waals surface area contributed by atoms with E-state index in [2.05, 4.69) is 60.7 Å². The molecule has 0 saturated carbocycles. The summed E-state index contributed by atoms with van der Waals surface area (Å²) in [6.07, 6.45) is 5.25. The van der Waals surface area contributed by atoms with Crippen molar-refractivity contribution in [2.45, 2.75) is 6.42 Å². The van der Waals surface area contributed by atoms with Gasteiger partial charge in [0.1, 0.15) is 11.2 Å². The molecule has 22 heavy (non-hydrogen) atoms. The topological polar surface area (TPSA) is 13.1 Å². The first-order valence-electron chi connectivity index (χ1n) is 7.52. The van der Waals surface area contributed by atoms with Crippen LogP contribution in [-0.4, -0.2) is 0 Å². The van der Waals surface area contributed by atoms with Crippen LogP contribution < -0.4 is 0 Å². The summed E-state index contributed by atoms with van der Waals surface area (Å²) in [5.41, 5.74) is 4.41. The van der Waals surface area contributed by atoms with Gasteiger partial charge in [-0.05, 0) is 29.7 Å². The molecule has 0 bridgehead atoms. The summed E-state index contributed by atoms with van der Waals surface area (Å²) in [5, 5.41) is 2.37. The van der Waals surface area contributed by atoms with Crippen molar-refractivity contribution in [3.63, 3.8) is 0 Å². The first kappa shape index (κ1) is 12.9. The van der Waals surface area contributed by atoms with Crippen molar-refractivity contribution in [1.82, 2.24) is 0 Å². The summed E-state index contributed by atoms with van der Waals surface area (Å²) < 4.78 is 5.93. The lowest BCUT2D eigenvalue weighted by molar-refractivity contribution is 0.668. The van der Waals surface area contributed by atoms with Crippen LogP contribution in [0.3, 0.4) is 0 Å². The fourth-order valence-corrected chi connectivity index (χ4v) is 2.79. The molecule has 0 unspecified atom stereocenters. The molecule has 0 fully saturated rings. The summed E-state index contributed by atoms with van der Waals surface area (Å²) in [6.45, 7) is 0. The van der Waals surface area contributed by atoms with Crippen LogP contribution in [0.2, 0.25) is 0 Å². The maximum Gasteiger partial charge on any atom is 0.135 e. The number of rotatable bonds is 3. The van der Waals surface area contributed by atoms with E-state index < -0.39 is 0 Å². The summed E-state index contributed by atoms with van der Waals surface area (Å²) in [6, 6.07) is 25.0. The van der Waals surface area contributed by atoms with Gasteiger partial charge in [-0.1, -0.05) is 72.8 Å². The molecule has 1 nitrogen and oxygen atoms in total. The van der Waals surface area contributed by atoms with Crippen LogP contribution >= 0.6 is 0 Å². The average Bonchev–Trinajstić information content (AvgIpc) is 2.93. The highest BCUT2D eigenvalue weighted by Gasteiger charge is 2.05. The minimum absolute atomic E-state index is 0.905. The van der Waals surface area contributed by atoms with Crippen molar-refractivity contribution in [2.24, 2.45) is 0 Å². The van der Waals surface area contributed by atoms with Gasteiger partial charge < -0.3 is 4.42 Å². The van der Waals surface area contributed by atoms with Crippen LogP contribution in [0.15, 0.2) is 83.3 Å². The molecule has 0 N–H and O–H groups in total. The molecule has 0 spiro atoms. The van der Waals surface area contributed by atoms with Crippen molar-refractivity contribution in [3.8, 4) is 0 Å². The maximum atomic E-state index is 5.93.